The Morgan fingerprint density at radius 1 is 0.692 bits per heavy atom. The van der Waals surface area contributed by atoms with Gasteiger partial charge in [0.25, 0.3) is 10.1 Å². The molecule has 0 saturated carbocycles. The van der Waals surface area contributed by atoms with Crippen LogP contribution in [0.15, 0.2) is 0 Å². The zero-order chi connectivity index (χ0) is 19.7. The quantitative estimate of drug-likeness (QED) is 0.200. The summed E-state index contributed by atoms with van der Waals surface area (Å²) in [5.74, 6) is 0. The van der Waals surface area contributed by atoms with E-state index in [1.165, 1.54) is 90.4 Å². The van der Waals surface area contributed by atoms with E-state index in [2.05, 4.69) is 6.92 Å². The summed E-state index contributed by atoms with van der Waals surface area (Å²) < 4.78 is 30.7. The number of aliphatic hydroxyl groups excluding tert-OH is 1. The van der Waals surface area contributed by atoms with Crippen LogP contribution >= 0.6 is 0 Å². The van der Waals surface area contributed by atoms with Crippen molar-refractivity contribution in [2.45, 2.75) is 134 Å². The zero-order valence-corrected chi connectivity index (χ0v) is 18.1. The fourth-order valence-electron chi connectivity index (χ4n) is 3.37. The van der Waals surface area contributed by atoms with Gasteiger partial charge in [-0.2, -0.15) is 8.42 Å². The molecular formula is C21H44O4S. The second kappa shape index (κ2) is 17.0. The van der Waals surface area contributed by atoms with E-state index < -0.39 is 21.5 Å². The molecular weight excluding hydrogens is 348 g/mol. The van der Waals surface area contributed by atoms with E-state index in [4.69, 9.17) is 4.55 Å². The van der Waals surface area contributed by atoms with Gasteiger partial charge in [0.15, 0.2) is 0 Å². The molecule has 2 atom stereocenters. The van der Waals surface area contributed by atoms with Crippen LogP contribution in [-0.4, -0.2) is 29.4 Å². The summed E-state index contributed by atoms with van der Waals surface area (Å²) in [5.41, 5.74) is 0. The van der Waals surface area contributed by atoms with Crippen molar-refractivity contribution < 1.29 is 18.1 Å². The van der Waals surface area contributed by atoms with Gasteiger partial charge in [0.2, 0.25) is 0 Å². The molecule has 26 heavy (non-hydrogen) atoms. The first-order chi connectivity index (χ1) is 12.4. The lowest BCUT2D eigenvalue weighted by atomic mass is 10.0. The molecule has 2 unspecified atom stereocenters. The minimum atomic E-state index is -4.02. The van der Waals surface area contributed by atoms with Gasteiger partial charge in [-0.25, -0.2) is 0 Å². The van der Waals surface area contributed by atoms with Gasteiger partial charge in [-0.3, -0.25) is 4.55 Å². The van der Waals surface area contributed by atoms with E-state index in [0.717, 1.165) is 12.8 Å². The van der Waals surface area contributed by atoms with Crippen LogP contribution < -0.4 is 0 Å². The van der Waals surface area contributed by atoms with Crippen LogP contribution in [0.2, 0.25) is 0 Å². The molecule has 2 N–H and O–H groups in total. The summed E-state index contributed by atoms with van der Waals surface area (Å²) in [5, 5.41) is 8.93. The van der Waals surface area contributed by atoms with Gasteiger partial charge in [0.1, 0.15) is 0 Å². The number of hydrogen-bond acceptors (Lipinski definition) is 3. The summed E-state index contributed by atoms with van der Waals surface area (Å²) in [6.45, 7) is 3.70. The van der Waals surface area contributed by atoms with Crippen LogP contribution in [0, 0.1) is 0 Å². The Morgan fingerprint density at radius 2 is 1.04 bits per heavy atom. The van der Waals surface area contributed by atoms with Crippen molar-refractivity contribution in [2.75, 3.05) is 0 Å². The second-order valence-electron chi connectivity index (χ2n) is 7.95. The van der Waals surface area contributed by atoms with E-state index in [-0.39, 0.29) is 6.42 Å². The molecule has 0 radical (unpaired) electrons. The predicted molar refractivity (Wildman–Crippen MR) is 111 cm³/mol. The molecule has 0 aliphatic rings. The van der Waals surface area contributed by atoms with Crippen molar-refractivity contribution in [1.82, 2.24) is 0 Å². The van der Waals surface area contributed by atoms with Gasteiger partial charge < -0.3 is 5.11 Å². The molecule has 0 aromatic carbocycles. The molecule has 0 bridgehead atoms. The summed E-state index contributed by atoms with van der Waals surface area (Å²) >= 11 is 0. The Bertz CT molecular complexity index is 395. The Balaban J connectivity index is 3.26. The van der Waals surface area contributed by atoms with E-state index in [0.29, 0.717) is 6.42 Å². The Labute approximate surface area is 162 Å². The maximum absolute atomic E-state index is 10.9. The van der Waals surface area contributed by atoms with Gasteiger partial charge in [0, 0.05) is 0 Å². The molecule has 0 spiro atoms. The number of hydrogen-bond donors (Lipinski definition) is 2. The molecule has 4 nitrogen and oxygen atoms in total. The largest absolute Gasteiger partial charge is 0.393 e. The first-order valence-electron chi connectivity index (χ1n) is 11.0. The van der Waals surface area contributed by atoms with Crippen molar-refractivity contribution in [2.24, 2.45) is 0 Å². The summed E-state index contributed by atoms with van der Waals surface area (Å²) in [6, 6.07) is 0. The lowest BCUT2D eigenvalue weighted by Gasteiger charge is -2.14. The number of aliphatic hydroxyl groups is 1. The van der Waals surface area contributed by atoms with Crippen molar-refractivity contribution in [3.05, 3.63) is 0 Å². The SMILES string of the molecule is CCCCCCCCCCCCCCCCCC(O)CC(C)S(=O)(=O)O. The highest BCUT2D eigenvalue weighted by atomic mass is 32.2. The molecule has 0 fully saturated rings. The maximum Gasteiger partial charge on any atom is 0.267 e. The molecule has 5 heteroatoms. The Morgan fingerprint density at radius 3 is 1.38 bits per heavy atom. The van der Waals surface area contributed by atoms with Gasteiger partial charge >= 0.3 is 0 Å². The average Bonchev–Trinajstić information content (AvgIpc) is 2.57. The van der Waals surface area contributed by atoms with E-state index in [1.54, 1.807) is 0 Å². The fourth-order valence-corrected chi connectivity index (χ4v) is 3.84. The Hall–Kier alpha value is -0.130. The Kier molecular flexibility index (Phi) is 16.9. The van der Waals surface area contributed by atoms with Crippen LogP contribution in [0.5, 0.6) is 0 Å². The topological polar surface area (TPSA) is 74.6 Å². The lowest BCUT2D eigenvalue weighted by Crippen LogP contribution is -2.23. The first-order valence-corrected chi connectivity index (χ1v) is 12.5. The maximum atomic E-state index is 10.9. The molecule has 0 aliphatic heterocycles. The molecule has 158 valence electrons. The minimum Gasteiger partial charge on any atom is -0.393 e. The van der Waals surface area contributed by atoms with E-state index in [1.807, 2.05) is 0 Å². The average molecular weight is 393 g/mol. The molecule has 0 amide bonds. The normalized spacial score (nSPS) is 14.5. The highest BCUT2D eigenvalue weighted by Crippen LogP contribution is 2.16. The van der Waals surface area contributed by atoms with E-state index in [9.17, 15) is 13.5 Å². The smallest absolute Gasteiger partial charge is 0.267 e. The third kappa shape index (κ3) is 17.3. The van der Waals surface area contributed by atoms with Gasteiger partial charge in [-0.05, 0) is 19.8 Å². The van der Waals surface area contributed by atoms with Crippen LogP contribution in [0.3, 0.4) is 0 Å². The van der Waals surface area contributed by atoms with Crippen LogP contribution in [0.1, 0.15) is 123 Å². The van der Waals surface area contributed by atoms with Gasteiger partial charge in [-0.15, -0.1) is 0 Å². The van der Waals surface area contributed by atoms with Crippen molar-refractivity contribution >= 4 is 10.1 Å². The summed E-state index contributed by atoms with van der Waals surface area (Å²) in [7, 11) is -4.02. The van der Waals surface area contributed by atoms with Crippen molar-refractivity contribution in [3.63, 3.8) is 0 Å². The van der Waals surface area contributed by atoms with Crippen molar-refractivity contribution in [3.8, 4) is 0 Å². The molecule has 0 heterocycles. The highest BCUT2D eigenvalue weighted by Gasteiger charge is 2.20. The number of unbranched alkanes of at least 4 members (excludes halogenated alkanes) is 14. The third-order valence-corrected chi connectivity index (χ3v) is 6.46. The van der Waals surface area contributed by atoms with Gasteiger partial charge in [0.05, 0.1) is 11.4 Å². The molecule has 0 saturated heterocycles. The second-order valence-corrected chi connectivity index (χ2v) is 9.79. The number of rotatable bonds is 19. The van der Waals surface area contributed by atoms with Crippen molar-refractivity contribution in [1.29, 1.82) is 0 Å². The van der Waals surface area contributed by atoms with Gasteiger partial charge in [-0.1, -0.05) is 103 Å². The first kappa shape index (κ1) is 25.9. The van der Waals surface area contributed by atoms with Crippen LogP contribution in [-0.2, 0) is 10.1 Å². The molecule has 0 aromatic rings. The predicted octanol–water partition coefficient (Wildman–Crippen LogP) is 6.28. The monoisotopic (exact) mass is 392 g/mol. The third-order valence-electron chi connectivity index (χ3n) is 5.25. The molecule has 0 rings (SSSR count). The van der Waals surface area contributed by atoms with Crippen LogP contribution in [0.25, 0.3) is 0 Å². The highest BCUT2D eigenvalue weighted by molar-refractivity contribution is 7.86. The van der Waals surface area contributed by atoms with E-state index >= 15 is 0 Å². The summed E-state index contributed by atoms with van der Waals surface area (Å²) in [6.07, 6.45) is 19.7. The fraction of sp³-hybridized carbons (Fsp3) is 1.00. The molecule has 0 aromatic heterocycles. The zero-order valence-electron chi connectivity index (χ0n) is 17.3. The lowest BCUT2D eigenvalue weighted by molar-refractivity contribution is 0.149. The molecule has 0 aliphatic carbocycles. The summed E-state index contributed by atoms with van der Waals surface area (Å²) in [4.78, 5) is 0. The van der Waals surface area contributed by atoms with Crippen LogP contribution in [0.4, 0.5) is 0 Å². The minimum absolute atomic E-state index is 0.122. The standard InChI is InChI=1S/C21H44O4S/c1-3-4-5-6-7-8-9-10-11-12-13-14-15-16-17-18-21(22)19-20(2)26(23,24)25/h20-22H,3-19H2,1-2H3,(H,23,24,25).